The summed E-state index contributed by atoms with van der Waals surface area (Å²) in [5, 5.41) is 0. The van der Waals surface area contributed by atoms with E-state index in [4.69, 9.17) is 0 Å². The maximum absolute atomic E-state index is 14.4. The van der Waals surface area contributed by atoms with Crippen LogP contribution in [0.15, 0.2) is 48.5 Å². The Bertz CT molecular complexity index is 1230. The van der Waals surface area contributed by atoms with E-state index in [9.17, 15) is 39.5 Å². The minimum absolute atomic E-state index is 0.108. The van der Waals surface area contributed by atoms with Crippen LogP contribution in [-0.2, 0) is 0 Å². The van der Waals surface area contributed by atoms with Gasteiger partial charge in [-0.3, -0.25) is 4.39 Å². The van der Waals surface area contributed by atoms with Crippen LogP contribution in [0.3, 0.4) is 0 Å². The number of alkyl halides is 4. The Morgan fingerprint density at radius 2 is 1.27 bits per heavy atom. The van der Waals surface area contributed by atoms with Crippen LogP contribution in [0, 0.1) is 40.9 Å². The Hall–Kier alpha value is -3.17. The van der Waals surface area contributed by atoms with E-state index in [1.165, 1.54) is 38.5 Å². The van der Waals surface area contributed by atoms with Gasteiger partial charge < -0.3 is 4.74 Å². The summed E-state index contributed by atoms with van der Waals surface area (Å²) in [5.41, 5.74) is -1.64. The average molecular weight is 577 g/mol. The van der Waals surface area contributed by atoms with E-state index in [0.717, 1.165) is 42.7 Å². The van der Waals surface area contributed by atoms with Crippen molar-refractivity contribution in [3.05, 3.63) is 77.6 Å². The van der Waals surface area contributed by atoms with Gasteiger partial charge in [0.1, 0.15) is 23.3 Å². The summed E-state index contributed by atoms with van der Waals surface area (Å²) in [5.74, 6) is -5.34. The number of ether oxygens (including phenoxy) is 1. The van der Waals surface area contributed by atoms with Crippen LogP contribution in [0.4, 0.5) is 39.5 Å². The molecule has 1 aliphatic carbocycles. The Labute approximate surface area is 227 Å². The van der Waals surface area contributed by atoms with Gasteiger partial charge in [-0.1, -0.05) is 51.5 Å². The predicted octanol–water partition coefficient (Wildman–Crippen LogP) is 10.6. The summed E-state index contributed by atoms with van der Waals surface area (Å²) in [6, 6.07) is 5.79. The van der Waals surface area contributed by atoms with Crippen molar-refractivity contribution in [3.63, 3.8) is 0 Å². The molecule has 0 unspecified atom stereocenters. The molecule has 0 bridgehead atoms. The van der Waals surface area contributed by atoms with Crippen molar-refractivity contribution in [2.75, 3.05) is 6.67 Å². The SMILES string of the molecule is CCCC1CCC(CCF)CC1.Fc1ccc(-c2cc(F)c(-c3ccc(OC(F)(F)F)c(F)c3)c(F)c2)c(F)c1. The van der Waals surface area contributed by atoms with E-state index in [1.54, 1.807) is 0 Å². The van der Waals surface area contributed by atoms with Gasteiger partial charge in [-0.25, -0.2) is 22.0 Å². The average Bonchev–Trinajstić information content (AvgIpc) is 2.86. The van der Waals surface area contributed by atoms with Crippen LogP contribution >= 0.6 is 0 Å². The summed E-state index contributed by atoms with van der Waals surface area (Å²) < 4.78 is 121. The smallest absolute Gasteiger partial charge is 0.403 e. The number of hydrogen-bond donors (Lipinski definition) is 0. The standard InChI is InChI=1S/C19H8F8O.C11H21F/c20-11-2-3-12(13(21)8-11)10-6-15(23)18(16(24)7-10)9-1-4-17(14(22)5-9)28-19(25,26)27;1-2-3-10-4-6-11(7-5-10)8-9-12/h1-8H;10-11H,2-9H2,1H3. The van der Waals surface area contributed by atoms with Crippen LogP contribution < -0.4 is 4.74 Å². The van der Waals surface area contributed by atoms with E-state index in [-0.39, 0.29) is 17.8 Å². The summed E-state index contributed by atoms with van der Waals surface area (Å²) in [4.78, 5) is 0. The second-order valence-electron chi connectivity index (χ2n) is 9.79. The third-order valence-corrected chi connectivity index (χ3v) is 6.91. The molecule has 3 aromatic rings. The normalized spacial score (nSPS) is 17.2. The molecule has 1 saturated carbocycles. The molecule has 0 saturated heterocycles. The van der Waals surface area contributed by atoms with Gasteiger partial charge in [0.2, 0.25) is 0 Å². The third-order valence-electron chi connectivity index (χ3n) is 6.91. The Morgan fingerprint density at radius 3 is 1.77 bits per heavy atom. The van der Waals surface area contributed by atoms with Gasteiger partial charge in [0.25, 0.3) is 0 Å². The van der Waals surface area contributed by atoms with Gasteiger partial charge >= 0.3 is 6.36 Å². The highest BCUT2D eigenvalue weighted by Crippen LogP contribution is 2.35. The molecule has 4 rings (SSSR count). The molecule has 1 nitrogen and oxygen atoms in total. The third kappa shape index (κ3) is 8.66. The quantitative estimate of drug-likeness (QED) is 0.254. The van der Waals surface area contributed by atoms with E-state index >= 15 is 0 Å². The van der Waals surface area contributed by atoms with Gasteiger partial charge in [-0.2, -0.15) is 0 Å². The highest BCUT2D eigenvalue weighted by molar-refractivity contribution is 5.72. The highest BCUT2D eigenvalue weighted by Gasteiger charge is 2.32. The molecule has 0 aromatic heterocycles. The molecular formula is C30H29F9O. The van der Waals surface area contributed by atoms with Crippen molar-refractivity contribution in [1.82, 2.24) is 0 Å². The lowest BCUT2D eigenvalue weighted by molar-refractivity contribution is -0.275. The molecule has 40 heavy (non-hydrogen) atoms. The second kappa shape index (κ2) is 13.9. The topological polar surface area (TPSA) is 9.23 Å². The zero-order chi connectivity index (χ0) is 29.4. The van der Waals surface area contributed by atoms with Crippen LogP contribution in [0.2, 0.25) is 0 Å². The molecule has 1 fully saturated rings. The first kappa shape index (κ1) is 31.4. The molecule has 0 radical (unpaired) electrons. The van der Waals surface area contributed by atoms with Crippen molar-refractivity contribution in [2.24, 2.45) is 11.8 Å². The van der Waals surface area contributed by atoms with E-state index in [2.05, 4.69) is 11.7 Å². The molecule has 1 aliphatic rings. The highest BCUT2D eigenvalue weighted by atomic mass is 19.4. The van der Waals surface area contributed by atoms with Crippen molar-refractivity contribution in [1.29, 1.82) is 0 Å². The van der Waals surface area contributed by atoms with E-state index in [0.29, 0.717) is 24.1 Å². The van der Waals surface area contributed by atoms with Crippen molar-refractivity contribution >= 4 is 0 Å². The van der Waals surface area contributed by atoms with Crippen LogP contribution in [0.1, 0.15) is 51.9 Å². The number of hydrogen-bond acceptors (Lipinski definition) is 1. The minimum Gasteiger partial charge on any atom is -0.403 e. The Balaban J connectivity index is 0.000000307. The van der Waals surface area contributed by atoms with Crippen LogP contribution in [0.25, 0.3) is 22.3 Å². The molecule has 0 atom stereocenters. The Kier molecular flexibility index (Phi) is 10.9. The molecule has 0 N–H and O–H groups in total. The van der Waals surface area contributed by atoms with Gasteiger partial charge in [-0.15, -0.1) is 13.2 Å². The van der Waals surface area contributed by atoms with Crippen LogP contribution in [-0.4, -0.2) is 13.0 Å². The van der Waals surface area contributed by atoms with Crippen molar-refractivity contribution < 1.29 is 44.3 Å². The zero-order valence-corrected chi connectivity index (χ0v) is 21.7. The van der Waals surface area contributed by atoms with Crippen molar-refractivity contribution in [3.8, 4) is 28.0 Å². The minimum atomic E-state index is -5.14. The maximum Gasteiger partial charge on any atom is 0.573 e. The Morgan fingerprint density at radius 1 is 0.700 bits per heavy atom. The number of rotatable bonds is 7. The molecule has 218 valence electrons. The fraction of sp³-hybridized carbons (Fsp3) is 0.400. The largest absolute Gasteiger partial charge is 0.573 e. The molecule has 10 heteroatoms. The first-order valence-electron chi connectivity index (χ1n) is 13.0. The zero-order valence-electron chi connectivity index (χ0n) is 21.7. The summed E-state index contributed by atoms with van der Waals surface area (Å²) >= 11 is 0. The molecular weight excluding hydrogens is 547 g/mol. The number of halogens is 9. The molecule has 0 heterocycles. The van der Waals surface area contributed by atoms with Gasteiger partial charge in [0.15, 0.2) is 11.6 Å². The molecule has 3 aromatic carbocycles. The maximum atomic E-state index is 14.4. The van der Waals surface area contributed by atoms with Gasteiger partial charge in [0, 0.05) is 11.6 Å². The second-order valence-corrected chi connectivity index (χ2v) is 9.79. The summed E-state index contributed by atoms with van der Waals surface area (Å²) in [7, 11) is 0. The van der Waals surface area contributed by atoms with Gasteiger partial charge in [-0.05, 0) is 65.8 Å². The lowest BCUT2D eigenvalue weighted by atomic mass is 9.79. The van der Waals surface area contributed by atoms with E-state index < -0.39 is 52.3 Å². The van der Waals surface area contributed by atoms with Crippen LogP contribution in [0.5, 0.6) is 5.75 Å². The molecule has 0 aliphatic heterocycles. The summed E-state index contributed by atoms with van der Waals surface area (Å²) in [6.07, 6.45) is 3.68. The number of benzene rings is 3. The fourth-order valence-corrected chi connectivity index (χ4v) is 4.96. The fourth-order valence-electron chi connectivity index (χ4n) is 4.96. The lowest BCUT2D eigenvalue weighted by Gasteiger charge is -2.27. The van der Waals surface area contributed by atoms with Crippen molar-refractivity contribution in [2.45, 2.75) is 58.2 Å². The van der Waals surface area contributed by atoms with E-state index in [1.807, 2.05) is 0 Å². The molecule has 0 spiro atoms. The predicted molar refractivity (Wildman–Crippen MR) is 135 cm³/mol. The monoisotopic (exact) mass is 576 g/mol. The lowest BCUT2D eigenvalue weighted by Crippen LogP contribution is -2.17. The van der Waals surface area contributed by atoms with Gasteiger partial charge in [0.05, 0.1) is 12.2 Å². The first-order valence-corrected chi connectivity index (χ1v) is 13.0. The molecule has 0 amide bonds. The summed E-state index contributed by atoms with van der Waals surface area (Å²) in [6.45, 7) is 2.15. The first-order chi connectivity index (χ1) is 18.9.